The van der Waals surface area contributed by atoms with Gasteiger partial charge in [-0.15, -0.1) is 0 Å². The molecule has 1 amide bonds. The van der Waals surface area contributed by atoms with Crippen LogP contribution in [0.4, 0.5) is 0 Å². The molecule has 1 aromatic carbocycles. The molecule has 0 spiro atoms. The second-order valence-corrected chi connectivity index (χ2v) is 7.32. The van der Waals surface area contributed by atoms with Gasteiger partial charge in [-0.05, 0) is 30.4 Å². The molecule has 0 bridgehead atoms. The second kappa shape index (κ2) is 8.36. The molecule has 1 fully saturated rings. The van der Waals surface area contributed by atoms with Crippen molar-refractivity contribution in [1.29, 1.82) is 0 Å². The highest BCUT2D eigenvalue weighted by atomic mass is 16.5. The number of H-pyrrole nitrogens is 1. The summed E-state index contributed by atoms with van der Waals surface area (Å²) in [6.45, 7) is 4.69. The fourth-order valence-corrected chi connectivity index (χ4v) is 3.68. The van der Waals surface area contributed by atoms with Gasteiger partial charge in [0.2, 0.25) is 0 Å². The first kappa shape index (κ1) is 18.5. The van der Waals surface area contributed by atoms with Crippen LogP contribution in [-0.2, 0) is 20.7 Å². The molecule has 2 heterocycles. The summed E-state index contributed by atoms with van der Waals surface area (Å²) in [5.41, 5.74) is 2.01. The number of hydrogen-bond donors (Lipinski definition) is 3. The van der Waals surface area contributed by atoms with E-state index in [9.17, 15) is 9.59 Å². The number of para-hydroxylation sites is 1. The van der Waals surface area contributed by atoms with Crippen LogP contribution >= 0.6 is 0 Å². The van der Waals surface area contributed by atoms with Crippen molar-refractivity contribution < 1.29 is 19.2 Å². The lowest BCUT2D eigenvalue weighted by atomic mass is 9.99. The summed E-state index contributed by atoms with van der Waals surface area (Å²) in [6, 6.07) is 7.26. The van der Waals surface area contributed by atoms with Crippen LogP contribution in [-0.4, -0.2) is 49.6 Å². The Bertz CT molecular complexity index is 763. The van der Waals surface area contributed by atoms with Crippen molar-refractivity contribution in [3.8, 4) is 0 Å². The van der Waals surface area contributed by atoms with Crippen molar-refractivity contribution in [1.82, 2.24) is 10.3 Å². The maximum Gasteiger partial charge on any atom is 0.328 e. The number of fused-ring (bicyclic) bond motifs is 1. The number of methoxy groups -OCH3 is 1. The second-order valence-electron chi connectivity index (χ2n) is 7.32. The minimum absolute atomic E-state index is 0.0928. The number of likely N-dealkylation sites (tertiary alicyclic amines) is 1. The van der Waals surface area contributed by atoms with Crippen LogP contribution in [0.3, 0.4) is 0 Å². The molecule has 1 aliphatic heterocycles. The molecule has 1 aliphatic rings. The lowest BCUT2D eigenvalue weighted by molar-refractivity contribution is -0.898. The Hall–Kier alpha value is -2.34. The number of carbonyl (C=O) groups excluding carboxylic acids is 2. The van der Waals surface area contributed by atoms with E-state index < -0.39 is 12.0 Å². The Labute approximate surface area is 153 Å². The standard InChI is InChI=1S/C20H27N3O3/c1-14-7-9-23(10-8-14)13-19(24)22-18(20(25)26-2)11-15-12-21-17-6-4-3-5-16(15)17/h3-6,12,14,18,21H,7-11,13H2,1-2H3,(H,22,24)/p+1/t18-/m1/s1. The smallest absolute Gasteiger partial charge is 0.328 e. The third kappa shape index (κ3) is 4.43. The van der Waals surface area contributed by atoms with Gasteiger partial charge in [0.25, 0.3) is 5.91 Å². The van der Waals surface area contributed by atoms with Crippen LogP contribution < -0.4 is 10.2 Å². The quantitative estimate of drug-likeness (QED) is 0.665. The van der Waals surface area contributed by atoms with E-state index in [0.29, 0.717) is 13.0 Å². The van der Waals surface area contributed by atoms with Gasteiger partial charge in [-0.2, -0.15) is 0 Å². The summed E-state index contributed by atoms with van der Waals surface area (Å²) >= 11 is 0. The van der Waals surface area contributed by atoms with Gasteiger partial charge < -0.3 is 19.9 Å². The zero-order chi connectivity index (χ0) is 18.5. The van der Waals surface area contributed by atoms with Crippen LogP contribution in [0, 0.1) is 5.92 Å². The maximum atomic E-state index is 12.5. The molecule has 6 nitrogen and oxygen atoms in total. The molecule has 3 rings (SSSR count). The topological polar surface area (TPSA) is 75.6 Å². The van der Waals surface area contributed by atoms with Crippen molar-refractivity contribution in [3.63, 3.8) is 0 Å². The lowest BCUT2D eigenvalue weighted by Crippen LogP contribution is -3.14. The summed E-state index contributed by atoms with van der Waals surface area (Å²) in [4.78, 5) is 29.2. The predicted molar refractivity (Wildman–Crippen MR) is 99.9 cm³/mol. The number of benzene rings is 1. The SMILES string of the molecule is COC(=O)[C@@H](Cc1c[nH]c2ccccc12)NC(=O)C[NH+]1CCC(C)CC1. The highest BCUT2D eigenvalue weighted by Gasteiger charge is 2.26. The van der Waals surface area contributed by atoms with E-state index in [1.54, 1.807) is 0 Å². The Morgan fingerprint density at radius 2 is 2.04 bits per heavy atom. The number of esters is 1. The molecule has 26 heavy (non-hydrogen) atoms. The summed E-state index contributed by atoms with van der Waals surface area (Å²) in [5.74, 6) is 0.238. The first-order valence-corrected chi connectivity index (χ1v) is 9.32. The number of nitrogens with one attached hydrogen (secondary N) is 3. The van der Waals surface area contributed by atoms with Crippen molar-refractivity contribution >= 4 is 22.8 Å². The zero-order valence-corrected chi connectivity index (χ0v) is 15.5. The van der Waals surface area contributed by atoms with E-state index in [4.69, 9.17) is 4.74 Å². The van der Waals surface area contributed by atoms with Crippen molar-refractivity contribution in [2.45, 2.75) is 32.2 Å². The average Bonchev–Trinajstić information content (AvgIpc) is 3.05. The van der Waals surface area contributed by atoms with E-state index in [-0.39, 0.29) is 5.91 Å². The molecule has 1 saturated heterocycles. The number of hydrogen-bond acceptors (Lipinski definition) is 3. The fraction of sp³-hybridized carbons (Fsp3) is 0.500. The van der Waals surface area contributed by atoms with Gasteiger partial charge in [0, 0.05) is 23.5 Å². The number of carbonyl (C=O) groups is 2. The summed E-state index contributed by atoms with van der Waals surface area (Å²) in [5, 5.41) is 3.94. The number of aromatic nitrogens is 1. The number of rotatable bonds is 6. The molecule has 2 aromatic rings. The highest BCUT2D eigenvalue weighted by molar-refractivity contribution is 5.87. The average molecular weight is 358 g/mol. The van der Waals surface area contributed by atoms with E-state index >= 15 is 0 Å². The van der Waals surface area contributed by atoms with Gasteiger partial charge in [0.1, 0.15) is 6.04 Å². The van der Waals surface area contributed by atoms with Gasteiger partial charge >= 0.3 is 5.97 Å². The molecule has 1 aromatic heterocycles. The molecule has 140 valence electrons. The van der Waals surface area contributed by atoms with Crippen LogP contribution in [0.1, 0.15) is 25.3 Å². The number of aromatic amines is 1. The van der Waals surface area contributed by atoms with Crippen LogP contribution in [0.15, 0.2) is 30.5 Å². The summed E-state index contributed by atoms with van der Waals surface area (Å²) < 4.78 is 4.91. The molecule has 0 unspecified atom stereocenters. The van der Waals surface area contributed by atoms with Gasteiger partial charge in [-0.25, -0.2) is 4.79 Å². The minimum Gasteiger partial charge on any atom is -0.467 e. The van der Waals surface area contributed by atoms with E-state index in [1.807, 2.05) is 30.5 Å². The molecule has 6 heteroatoms. The Balaban J connectivity index is 1.64. The normalized spacial score (nSPS) is 21.3. The molecule has 0 saturated carbocycles. The Morgan fingerprint density at radius 3 is 2.77 bits per heavy atom. The summed E-state index contributed by atoms with van der Waals surface area (Å²) in [6.07, 6.45) is 4.61. The number of piperidine rings is 1. The number of ether oxygens (including phenoxy) is 1. The van der Waals surface area contributed by atoms with Crippen molar-refractivity contribution in [2.75, 3.05) is 26.7 Å². The molecular weight excluding hydrogens is 330 g/mol. The molecule has 0 radical (unpaired) electrons. The van der Waals surface area contributed by atoms with E-state index in [1.165, 1.54) is 12.0 Å². The van der Waals surface area contributed by atoms with Crippen LogP contribution in [0.5, 0.6) is 0 Å². The van der Waals surface area contributed by atoms with Crippen molar-refractivity contribution in [2.24, 2.45) is 5.92 Å². The third-order valence-corrected chi connectivity index (χ3v) is 5.31. The van der Waals surface area contributed by atoms with Gasteiger partial charge in [0.15, 0.2) is 6.54 Å². The first-order valence-electron chi connectivity index (χ1n) is 9.32. The zero-order valence-electron chi connectivity index (χ0n) is 15.5. The van der Waals surface area contributed by atoms with Crippen LogP contribution in [0.2, 0.25) is 0 Å². The number of quaternary nitrogens is 1. The summed E-state index contributed by atoms with van der Waals surface area (Å²) in [7, 11) is 1.36. The van der Waals surface area contributed by atoms with Gasteiger partial charge in [-0.3, -0.25) is 4.79 Å². The van der Waals surface area contributed by atoms with Gasteiger partial charge in [-0.1, -0.05) is 25.1 Å². The maximum absolute atomic E-state index is 12.5. The Kier molecular flexibility index (Phi) is 5.93. The first-order chi connectivity index (χ1) is 12.6. The van der Waals surface area contributed by atoms with Crippen LogP contribution in [0.25, 0.3) is 10.9 Å². The highest BCUT2D eigenvalue weighted by Crippen LogP contribution is 2.19. The molecule has 0 aliphatic carbocycles. The molecule has 1 atom stereocenters. The molecule has 3 N–H and O–H groups in total. The Morgan fingerprint density at radius 1 is 1.31 bits per heavy atom. The third-order valence-electron chi connectivity index (χ3n) is 5.31. The number of amides is 1. The minimum atomic E-state index is -0.671. The van der Waals surface area contributed by atoms with E-state index in [0.717, 1.165) is 48.3 Å². The fourth-order valence-electron chi connectivity index (χ4n) is 3.68. The lowest BCUT2D eigenvalue weighted by Gasteiger charge is -2.27. The predicted octanol–water partition coefficient (Wildman–Crippen LogP) is 0.683. The van der Waals surface area contributed by atoms with Gasteiger partial charge in [0.05, 0.1) is 20.2 Å². The monoisotopic (exact) mass is 358 g/mol. The van der Waals surface area contributed by atoms with Crippen molar-refractivity contribution in [3.05, 3.63) is 36.0 Å². The van der Waals surface area contributed by atoms with E-state index in [2.05, 4.69) is 17.2 Å². The molecular formula is C20H28N3O3+. The largest absolute Gasteiger partial charge is 0.467 e.